The molecule has 5 heteroatoms. The maximum atomic E-state index is 13.1. The van der Waals surface area contributed by atoms with E-state index in [-0.39, 0.29) is 5.82 Å². The highest BCUT2D eigenvalue weighted by Gasteiger charge is 2.21. The lowest BCUT2D eigenvalue weighted by Crippen LogP contribution is -3.13. The summed E-state index contributed by atoms with van der Waals surface area (Å²) in [5.74, 6) is 1.35. The Balaban J connectivity index is 1.33. The molecule has 3 aromatic carbocycles. The van der Waals surface area contributed by atoms with E-state index in [0.29, 0.717) is 6.61 Å². The zero-order valence-corrected chi connectivity index (χ0v) is 17.3. The second kappa shape index (κ2) is 9.63. The number of nitrogens with one attached hydrogen (secondary N) is 1. The van der Waals surface area contributed by atoms with Crippen molar-refractivity contribution in [1.82, 2.24) is 0 Å². The highest BCUT2D eigenvalue weighted by molar-refractivity contribution is 5.46. The molecule has 156 valence electrons. The van der Waals surface area contributed by atoms with E-state index in [4.69, 9.17) is 9.47 Å². The van der Waals surface area contributed by atoms with Crippen molar-refractivity contribution in [3.8, 4) is 11.5 Å². The lowest BCUT2D eigenvalue weighted by atomic mass is 10.1. The summed E-state index contributed by atoms with van der Waals surface area (Å²) in [5.41, 5.74) is 3.47. The van der Waals surface area contributed by atoms with Crippen molar-refractivity contribution >= 4 is 5.69 Å². The van der Waals surface area contributed by atoms with Crippen molar-refractivity contribution in [3.05, 3.63) is 89.7 Å². The van der Waals surface area contributed by atoms with Gasteiger partial charge in [-0.1, -0.05) is 30.3 Å². The van der Waals surface area contributed by atoms with Crippen LogP contribution < -0.4 is 19.3 Å². The van der Waals surface area contributed by atoms with Gasteiger partial charge in [0.15, 0.2) is 11.5 Å². The van der Waals surface area contributed by atoms with Crippen molar-refractivity contribution in [1.29, 1.82) is 0 Å². The Morgan fingerprint density at radius 3 is 2.30 bits per heavy atom. The molecule has 0 amide bonds. The summed E-state index contributed by atoms with van der Waals surface area (Å²) < 4.78 is 24.7. The van der Waals surface area contributed by atoms with Gasteiger partial charge in [0, 0.05) is 11.3 Å². The number of halogens is 1. The number of anilines is 1. The number of rotatable bonds is 7. The van der Waals surface area contributed by atoms with Gasteiger partial charge in [0.05, 0.1) is 33.3 Å². The minimum atomic E-state index is -0.187. The molecule has 0 aliphatic carbocycles. The summed E-state index contributed by atoms with van der Waals surface area (Å²) in [6.07, 6.45) is 0. The SMILES string of the molecule is COc1cc(C[NH+]2CCN(c3ccc(F)cc3)CC2)ccc1OCc1ccccc1. The number of hydrogen-bond donors (Lipinski definition) is 1. The summed E-state index contributed by atoms with van der Waals surface area (Å²) >= 11 is 0. The summed E-state index contributed by atoms with van der Waals surface area (Å²) in [7, 11) is 1.68. The second-order valence-electron chi connectivity index (χ2n) is 7.65. The fourth-order valence-electron chi connectivity index (χ4n) is 3.88. The molecule has 0 radical (unpaired) electrons. The smallest absolute Gasteiger partial charge is 0.161 e. The lowest BCUT2D eigenvalue weighted by molar-refractivity contribution is -0.914. The van der Waals surface area contributed by atoms with E-state index in [2.05, 4.69) is 29.2 Å². The largest absolute Gasteiger partial charge is 0.493 e. The number of methoxy groups -OCH3 is 1. The summed E-state index contributed by atoms with van der Waals surface area (Å²) in [5, 5.41) is 0. The molecular weight excluding hydrogens is 379 g/mol. The second-order valence-corrected chi connectivity index (χ2v) is 7.65. The summed E-state index contributed by atoms with van der Waals surface area (Å²) in [6.45, 7) is 5.50. The Morgan fingerprint density at radius 2 is 1.60 bits per heavy atom. The van der Waals surface area contributed by atoms with Gasteiger partial charge >= 0.3 is 0 Å². The van der Waals surface area contributed by atoms with Gasteiger partial charge < -0.3 is 19.3 Å². The molecule has 1 aliphatic rings. The summed E-state index contributed by atoms with van der Waals surface area (Å²) in [4.78, 5) is 3.86. The standard InChI is InChI=1S/C25H27FN2O2/c1-29-25-17-21(7-12-24(25)30-19-20-5-3-2-4-6-20)18-27-13-15-28(16-14-27)23-10-8-22(26)9-11-23/h2-12,17H,13-16,18-19H2,1H3/p+1. The zero-order valence-electron chi connectivity index (χ0n) is 17.3. The molecule has 4 rings (SSSR count). The van der Waals surface area contributed by atoms with Crippen molar-refractivity contribution in [2.45, 2.75) is 13.2 Å². The lowest BCUT2D eigenvalue weighted by Gasteiger charge is -2.33. The van der Waals surface area contributed by atoms with Gasteiger partial charge in [0.1, 0.15) is 19.0 Å². The van der Waals surface area contributed by atoms with Crippen LogP contribution in [0.2, 0.25) is 0 Å². The van der Waals surface area contributed by atoms with Crippen LogP contribution in [0.4, 0.5) is 10.1 Å². The average Bonchev–Trinajstić information content (AvgIpc) is 2.80. The zero-order chi connectivity index (χ0) is 20.8. The molecule has 0 atom stereocenters. The molecule has 0 unspecified atom stereocenters. The molecule has 0 bridgehead atoms. The first-order valence-electron chi connectivity index (χ1n) is 10.4. The van der Waals surface area contributed by atoms with E-state index in [1.54, 1.807) is 7.11 Å². The normalized spacial score (nSPS) is 14.5. The van der Waals surface area contributed by atoms with Crippen LogP contribution in [-0.4, -0.2) is 33.3 Å². The number of nitrogens with zero attached hydrogens (tertiary/aromatic N) is 1. The van der Waals surface area contributed by atoms with Crippen LogP contribution >= 0.6 is 0 Å². The molecular formula is C25H28FN2O2+. The Hall–Kier alpha value is -3.05. The van der Waals surface area contributed by atoms with Gasteiger partial charge in [-0.3, -0.25) is 0 Å². The quantitative estimate of drug-likeness (QED) is 0.651. The number of benzene rings is 3. The third-order valence-electron chi connectivity index (χ3n) is 5.58. The van der Waals surface area contributed by atoms with E-state index in [1.807, 2.05) is 36.4 Å². The topological polar surface area (TPSA) is 26.1 Å². The molecule has 4 nitrogen and oxygen atoms in total. The molecule has 1 fully saturated rings. The molecule has 0 saturated carbocycles. The predicted octanol–water partition coefficient (Wildman–Crippen LogP) is 3.32. The molecule has 1 heterocycles. The Kier molecular flexibility index (Phi) is 6.50. The van der Waals surface area contributed by atoms with Gasteiger partial charge in [0.25, 0.3) is 0 Å². The fourth-order valence-corrected chi connectivity index (χ4v) is 3.88. The van der Waals surface area contributed by atoms with Crippen LogP contribution in [0.3, 0.4) is 0 Å². The molecule has 30 heavy (non-hydrogen) atoms. The first-order valence-corrected chi connectivity index (χ1v) is 10.4. The molecule has 3 aromatic rings. The van der Waals surface area contributed by atoms with Crippen molar-refractivity contribution in [2.24, 2.45) is 0 Å². The van der Waals surface area contributed by atoms with Crippen LogP contribution in [-0.2, 0) is 13.2 Å². The van der Waals surface area contributed by atoms with E-state index in [0.717, 1.165) is 55.5 Å². The summed E-state index contributed by atoms with van der Waals surface area (Å²) in [6, 6.07) is 23.1. The van der Waals surface area contributed by atoms with Crippen LogP contribution in [0.5, 0.6) is 11.5 Å². The average molecular weight is 408 g/mol. The van der Waals surface area contributed by atoms with E-state index in [9.17, 15) is 4.39 Å². The van der Waals surface area contributed by atoms with Crippen molar-refractivity contribution in [3.63, 3.8) is 0 Å². The fraction of sp³-hybridized carbons (Fsp3) is 0.280. The van der Waals surface area contributed by atoms with E-state index in [1.165, 1.54) is 22.6 Å². The number of piperazine rings is 1. The van der Waals surface area contributed by atoms with Crippen LogP contribution in [0.25, 0.3) is 0 Å². The Bertz CT molecular complexity index is 939. The third kappa shape index (κ3) is 5.10. The van der Waals surface area contributed by atoms with Crippen LogP contribution in [0.15, 0.2) is 72.8 Å². The highest BCUT2D eigenvalue weighted by atomic mass is 19.1. The minimum absolute atomic E-state index is 0.187. The number of ether oxygens (including phenoxy) is 2. The number of quaternary nitrogens is 1. The predicted molar refractivity (Wildman–Crippen MR) is 117 cm³/mol. The van der Waals surface area contributed by atoms with E-state index >= 15 is 0 Å². The Labute approximate surface area is 177 Å². The third-order valence-corrected chi connectivity index (χ3v) is 5.58. The molecule has 1 saturated heterocycles. The van der Waals surface area contributed by atoms with Gasteiger partial charge in [-0.2, -0.15) is 0 Å². The molecule has 1 N–H and O–H groups in total. The number of hydrogen-bond acceptors (Lipinski definition) is 3. The highest BCUT2D eigenvalue weighted by Crippen LogP contribution is 2.28. The van der Waals surface area contributed by atoms with Gasteiger partial charge in [-0.15, -0.1) is 0 Å². The van der Waals surface area contributed by atoms with Crippen molar-refractivity contribution in [2.75, 3.05) is 38.2 Å². The first kappa shape index (κ1) is 20.2. The van der Waals surface area contributed by atoms with Crippen LogP contribution in [0, 0.1) is 5.82 Å². The minimum Gasteiger partial charge on any atom is -0.493 e. The van der Waals surface area contributed by atoms with Crippen molar-refractivity contribution < 1.29 is 18.8 Å². The molecule has 0 aromatic heterocycles. The first-order chi connectivity index (χ1) is 14.7. The van der Waals surface area contributed by atoms with Gasteiger partial charge in [-0.25, -0.2) is 4.39 Å². The Morgan fingerprint density at radius 1 is 0.867 bits per heavy atom. The monoisotopic (exact) mass is 407 g/mol. The molecule has 0 spiro atoms. The van der Waals surface area contributed by atoms with Gasteiger partial charge in [0.2, 0.25) is 0 Å². The maximum Gasteiger partial charge on any atom is 0.161 e. The maximum absolute atomic E-state index is 13.1. The molecule has 1 aliphatic heterocycles. The van der Waals surface area contributed by atoms with Crippen LogP contribution in [0.1, 0.15) is 11.1 Å². The van der Waals surface area contributed by atoms with E-state index < -0.39 is 0 Å². The van der Waals surface area contributed by atoms with Gasteiger partial charge in [-0.05, 0) is 48.0 Å².